The molecule has 1 heterocycles. The summed E-state index contributed by atoms with van der Waals surface area (Å²) in [6, 6.07) is 8.06. The third-order valence-electron chi connectivity index (χ3n) is 4.39. The summed E-state index contributed by atoms with van der Waals surface area (Å²) in [6.45, 7) is 7.70. The number of aliphatic imine (C=N–C) groups is 1. The predicted octanol–water partition coefficient (Wildman–Crippen LogP) is 3.92. The van der Waals surface area contributed by atoms with Gasteiger partial charge in [0.15, 0.2) is 5.96 Å². The first-order chi connectivity index (χ1) is 13.2. The van der Waals surface area contributed by atoms with E-state index in [9.17, 15) is 13.2 Å². The number of nitrogens with zero attached hydrogens (tertiary/aromatic N) is 2. The third kappa shape index (κ3) is 10.5. The molecule has 1 aromatic carbocycles. The molecule has 0 bridgehead atoms. The molecule has 2 rings (SSSR count). The zero-order valence-electron chi connectivity index (χ0n) is 17.3. The molecule has 2 N–H and O–H groups in total. The number of alkyl halides is 3. The summed E-state index contributed by atoms with van der Waals surface area (Å²) in [7, 11) is 0. The van der Waals surface area contributed by atoms with Crippen LogP contribution in [0, 0.1) is 0 Å². The van der Waals surface area contributed by atoms with Crippen molar-refractivity contribution in [3.63, 3.8) is 0 Å². The van der Waals surface area contributed by atoms with E-state index in [1.165, 1.54) is 4.90 Å². The van der Waals surface area contributed by atoms with Crippen molar-refractivity contribution in [1.82, 2.24) is 15.5 Å². The molecule has 0 aliphatic carbocycles. The van der Waals surface area contributed by atoms with Crippen LogP contribution in [0.25, 0.3) is 0 Å². The van der Waals surface area contributed by atoms with Crippen molar-refractivity contribution in [2.45, 2.75) is 58.7 Å². The number of halogens is 4. The third-order valence-corrected chi connectivity index (χ3v) is 4.39. The van der Waals surface area contributed by atoms with E-state index in [0.717, 1.165) is 11.1 Å². The highest BCUT2D eigenvalue weighted by Gasteiger charge is 2.34. The lowest BCUT2D eigenvalue weighted by atomic mass is 10.1. The van der Waals surface area contributed by atoms with Crippen molar-refractivity contribution < 1.29 is 17.9 Å². The maximum absolute atomic E-state index is 12.5. The van der Waals surface area contributed by atoms with Gasteiger partial charge >= 0.3 is 6.18 Å². The average molecular weight is 528 g/mol. The second-order valence-electron chi connectivity index (χ2n) is 7.35. The fourth-order valence-corrected chi connectivity index (χ4v) is 3.04. The van der Waals surface area contributed by atoms with Gasteiger partial charge in [0.2, 0.25) is 0 Å². The van der Waals surface area contributed by atoms with E-state index in [-0.39, 0.29) is 36.1 Å². The number of ether oxygens (including phenoxy) is 1. The number of hydrogen-bond acceptors (Lipinski definition) is 3. The Hall–Kier alpha value is -1.07. The number of rotatable bonds is 8. The molecule has 0 radical (unpaired) electrons. The Balaban J connectivity index is 0.00000420. The lowest BCUT2D eigenvalue weighted by Crippen LogP contribution is -2.45. The topological polar surface area (TPSA) is 48.9 Å². The highest BCUT2D eigenvalue weighted by atomic mass is 127. The summed E-state index contributed by atoms with van der Waals surface area (Å²) in [5, 5.41) is 6.42. The van der Waals surface area contributed by atoms with E-state index < -0.39 is 12.7 Å². The molecule has 0 saturated carbocycles. The Bertz CT molecular complexity index is 623. The lowest BCUT2D eigenvalue weighted by Gasteiger charge is -2.19. The maximum atomic E-state index is 12.5. The van der Waals surface area contributed by atoms with Crippen LogP contribution in [0.2, 0.25) is 0 Å². The predicted molar refractivity (Wildman–Crippen MR) is 121 cm³/mol. The lowest BCUT2D eigenvalue weighted by molar-refractivity contribution is -0.143. The minimum absolute atomic E-state index is 0. The second-order valence-corrected chi connectivity index (χ2v) is 7.35. The van der Waals surface area contributed by atoms with E-state index in [0.29, 0.717) is 45.2 Å². The standard InChI is InChI=1S/C20H31F3N4O.HI/c1-4-24-19(26-18-9-10-27(12-18)14-20(21,22)23)25-11-16-5-7-17(8-6-16)13-28-15(2)3;/h5-8,15,18H,4,9-14H2,1-3H3,(H2,24,25,26);1H. The van der Waals surface area contributed by atoms with Crippen LogP contribution < -0.4 is 10.6 Å². The molecule has 166 valence electrons. The van der Waals surface area contributed by atoms with Crippen LogP contribution in [0.4, 0.5) is 13.2 Å². The van der Waals surface area contributed by atoms with Crippen molar-refractivity contribution in [2.24, 2.45) is 4.99 Å². The van der Waals surface area contributed by atoms with Crippen LogP contribution in [0.3, 0.4) is 0 Å². The minimum atomic E-state index is -4.15. The average Bonchev–Trinajstić information content (AvgIpc) is 3.04. The van der Waals surface area contributed by atoms with Crippen LogP contribution in [-0.4, -0.2) is 55.4 Å². The Morgan fingerprint density at radius 3 is 2.48 bits per heavy atom. The Kier molecular flexibility index (Phi) is 11.3. The smallest absolute Gasteiger partial charge is 0.374 e. The van der Waals surface area contributed by atoms with Gasteiger partial charge in [-0.2, -0.15) is 13.2 Å². The molecule has 1 atom stereocenters. The van der Waals surface area contributed by atoms with E-state index in [4.69, 9.17) is 4.74 Å². The first kappa shape index (κ1) is 26.0. The first-order valence-electron chi connectivity index (χ1n) is 9.78. The van der Waals surface area contributed by atoms with Gasteiger partial charge in [0.1, 0.15) is 0 Å². The van der Waals surface area contributed by atoms with Gasteiger partial charge in [-0.25, -0.2) is 4.99 Å². The van der Waals surface area contributed by atoms with Gasteiger partial charge in [-0.15, -0.1) is 24.0 Å². The van der Waals surface area contributed by atoms with Gasteiger partial charge < -0.3 is 15.4 Å². The molecule has 5 nitrogen and oxygen atoms in total. The van der Waals surface area contributed by atoms with Crippen LogP contribution >= 0.6 is 24.0 Å². The molecule has 0 amide bonds. The SMILES string of the molecule is CCNC(=NCc1ccc(COC(C)C)cc1)NC1CCN(CC(F)(F)F)C1.I. The number of guanidine groups is 1. The van der Waals surface area contributed by atoms with Gasteiger partial charge in [-0.3, -0.25) is 4.90 Å². The second kappa shape index (κ2) is 12.6. The fourth-order valence-electron chi connectivity index (χ4n) is 3.04. The van der Waals surface area contributed by atoms with Gasteiger partial charge in [0, 0.05) is 25.7 Å². The van der Waals surface area contributed by atoms with Crippen molar-refractivity contribution in [1.29, 1.82) is 0 Å². The van der Waals surface area contributed by atoms with Crippen molar-refractivity contribution >= 4 is 29.9 Å². The molecular weight excluding hydrogens is 496 g/mol. The van der Waals surface area contributed by atoms with Crippen molar-refractivity contribution in [2.75, 3.05) is 26.2 Å². The maximum Gasteiger partial charge on any atom is 0.401 e. The summed E-state index contributed by atoms with van der Waals surface area (Å²) in [5.74, 6) is 0.633. The van der Waals surface area contributed by atoms with Gasteiger partial charge in [-0.1, -0.05) is 24.3 Å². The van der Waals surface area contributed by atoms with Crippen LogP contribution in [0.1, 0.15) is 38.3 Å². The molecule has 29 heavy (non-hydrogen) atoms. The summed E-state index contributed by atoms with van der Waals surface area (Å²) in [6.07, 6.45) is -3.29. The molecule has 1 aromatic rings. The van der Waals surface area contributed by atoms with E-state index in [1.807, 2.05) is 45.0 Å². The molecule has 1 aliphatic heterocycles. The number of likely N-dealkylation sites (tertiary alicyclic amines) is 1. The van der Waals surface area contributed by atoms with E-state index in [2.05, 4.69) is 15.6 Å². The van der Waals surface area contributed by atoms with Gasteiger partial charge in [0.25, 0.3) is 0 Å². The molecule has 1 aliphatic rings. The zero-order chi connectivity index (χ0) is 20.6. The Morgan fingerprint density at radius 2 is 1.90 bits per heavy atom. The number of benzene rings is 1. The molecule has 1 fully saturated rings. The van der Waals surface area contributed by atoms with Crippen molar-refractivity contribution in [3.05, 3.63) is 35.4 Å². The van der Waals surface area contributed by atoms with Gasteiger partial charge in [0.05, 0.1) is 25.8 Å². The quantitative estimate of drug-likeness (QED) is 0.305. The Labute approximate surface area is 188 Å². The van der Waals surface area contributed by atoms with Crippen LogP contribution in [-0.2, 0) is 17.9 Å². The largest absolute Gasteiger partial charge is 0.401 e. The van der Waals surface area contributed by atoms with Crippen LogP contribution in [0.15, 0.2) is 29.3 Å². The number of nitrogens with one attached hydrogen (secondary N) is 2. The molecular formula is C20H32F3IN4O. The zero-order valence-corrected chi connectivity index (χ0v) is 19.6. The van der Waals surface area contributed by atoms with Crippen LogP contribution in [0.5, 0.6) is 0 Å². The molecule has 0 spiro atoms. The summed E-state index contributed by atoms with van der Waals surface area (Å²) in [4.78, 5) is 6.00. The van der Waals surface area contributed by atoms with E-state index >= 15 is 0 Å². The number of hydrogen-bond donors (Lipinski definition) is 2. The Morgan fingerprint density at radius 1 is 1.24 bits per heavy atom. The molecule has 0 aromatic heterocycles. The highest BCUT2D eigenvalue weighted by molar-refractivity contribution is 14.0. The first-order valence-corrected chi connectivity index (χ1v) is 9.78. The summed E-state index contributed by atoms with van der Waals surface area (Å²) < 4.78 is 43.2. The normalized spacial score (nSPS) is 18.0. The summed E-state index contributed by atoms with van der Waals surface area (Å²) in [5.41, 5.74) is 2.18. The minimum Gasteiger partial charge on any atom is -0.374 e. The molecule has 1 saturated heterocycles. The monoisotopic (exact) mass is 528 g/mol. The highest BCUT2D eigenvalue weighted by Crippen LogP contribution is 2.20. The molecule has 1 unspecified atom stereocenters. The fraction of sp³-hybridized carbons (Fsp3) is 0.650. The molecule has 9 heteroatoms. The van der Waals surface area contributed by atoms with E-state index in [1.54, 1.807) is 0 Å². The summed E-state index contributed by atoms with van der Waals surface area (Å²) >= 11 is 0. The van der Waals surface area contributed by atoms with Crippen molar-refractivity contribution in [3.8, 4) is 0 Å². The van der Waals surface area contributed by atoms with Gasteiger partial charge in [-0.05, 0) is 38.3 Å².